The first-order valence-corrected chi connectivity index (χ1v) is 31.9. The van der Waals surface area contributed by atoms with Gasteiger partial charge in [-0.25, -0.2) is 95.0 Å². The number of esters is 2. The first-order chi connectivity index (χ1) is 49.2. The number of hydrogen-bond donors (Lipinski definition) is 3. The first kappa shape index (κ1) is 61.3. The number of para-hydroxylation sites is 4. The van der Waals surface area contributed by atoms with Gasteiger partial charge in [-0.15, -0.1) is 0 Å². The summed E-state index contributed by atoms with van der Waals surface area (Å²) in [5.74, 6) is -0.485. The van der Waals surface area contributed by atoms with Crippen LogP contribution in [-0.2, 0) is 38.7 Å². The summed E-state index contributed by atoms with van der Waals surface area (Å²) < 4.78 is 20.6. The Labute approximate surface area is 559 Å². The predicted octanol–water partition coefficient (Wildman–Crippen LogP) is 5.39. The summed E-state index contributed by atoms with van der Waals surface area (Å²) in [4.78, 5) is 104. The van der Waals surface area contributed by atoms with Gasteiger partial charge in [0.1, 0.15) is 61.0 Å². The molecule has 100 heavy (non-hydrogen) atoms. The molecule has 0 fully saturated rings. The van der Waals surface area contributed by atoms with Crippen LogP contribution in [0.1, 0.15) is 33.1 Å². The fraction of sp³-hybridized carbons (Fsp3) is 0.206. The van der Waals surface area contributed by atoms with E-state index >= 15 is 0 Å². The molecule has 0 radical (unpaired) electrons. The maximum Gasteiger partial charge on any atom is 0.326 e. The van der Waals surface area contributed by atoms with Crippen molar-refractivity contribution in [1.29, 1.82) is 10.8 Å². The Morgan fingerprint density at radius 2 is 0.990 bits per heavy atom. The van der Waals surface area contributed by atoms with Crippen molar-refractivity contribution >= 4 is 128 Å². The number of benzene rings is 5. The third kappa shape index (κ3) is 11.2. The third-order valence-electron chi connectivity index (χ3n) is 16.8. The number of rotatable bonds is 11. The fourth-order valence-electron chi connectivity index (χ4n) is 12.5. The van der Waals surface area contributed by atoms with Crippen LogP contribution < -0.4 is 43.9 Å². The molecule has 0 unspecified atom stereocenters. The largest absolute Gasteiger partial charge is 0.466 e. The quantitative estimate of drug-likeness (QED) is 0.108. The second-order valence-corrected chi connectivity index (χ2v) is 22.7. The van der Waals surface area contributed by atoms with E-state index in [4.69, 9.17) is 24.9 Å². The van der Waals surface area contributed by atoms with Gasteiger partial charge >= 0.3 is 11.9 Å². The van der Waals surface area contributed by atoms with Crippen LogP contribution in [0.2, 0.25) is 0 Å². The van der Waals surface area contributed by atoms with Gasteiger partial charge in [0, 0.05) is 57.3 Å². The Balaban J connectivity index is 0.0000000978. The zero-order valence-corrected chi connectivity index (χ0v) is 53.3. The molecular weight excluding hydrogens is 1270 g/mol. The van der Waals surface area contributed by atoms with Gasteiger partial charge in [0.2, 0.25) is 11.3 Å². The normalized spacial score (nSPS) is 12.8. The monoisotopic (exact) mass is 1330 g/mol. The van der Waals surface area contributed by atoms with Gasteiger partial charge < -0.3 is 33.1 Å². The van der Waals surface area contributed by atoms with E-state index in [1.807, 2.05) is 135 Å². The summed E-state index contributed by atoms with van der Waals surface area (Å²) in [6.07, 6.45) is 1.46. The molecule has 14 heterocycles. The topological polar surface area (TPSA) is 413 Å². The van der Waals surface area contributed by atoms with Crippen molar-refractivity contribution in [1.82, 2.24) is 78.8 Å². The van der Waals surface area contributed by atoms with Gasteiger partial charge in [-0.3, -0.25) is 9.59 Å². The van der Waals surface area contributed by atoms with Gasteiger partial charge in [0.05, 0.1) is 53.6 Å². The number of nitrogens with zero attached hydrogens (tertiary/aromatic N) is 24. The number of ether oxygens (including phenoxy) is 2. The Morgan fingerprint density at radius 1 is 0.510 bits per heavy atom. The number of hydrogen-bond acceptors (Lipinski definition) is 27. The molecule has 0 amide bonds. The minimum atomic E-state index is -0.297. The van der Waals surface area contributed by atoms with E-state index in [1.54, 1.807) is 13.8 Å². The smallest absolute Gasteiger partial charge is 0.326 e. The molecule has 9 aromatic heterocycles. The Kier molecular flexibility index (Phi) is 16.1. The number of aryl methyl sites for hydroxylation is 2. The second kappa shape index (κ2) is 26.2. The number of aromatic nitrogens is 16. The van der Waals surface area contributed by atoms with Gasteiger partial charge in [0.25, 0.3) is 0 Å². The third-order valence-corrected chi connectivity index (χ3v) is 16.8. The maximum atomic E-state index is 11.9. The Bertz CT molecular complexity index is 6610. The van der Waals surface area contributed by atoms with Crippen LogP contribution >= 0.6 is 0 Å². The lowest BCUT2D eigenvalue weighted by molar-refractivity contribution is -0.144. The molecule has 0 bridgehead atoms. The van der Waals surface area contributed by atoms with E-state index < -0.39 is 0 Å². The highest BCUT2D eigenvalue weighted by atomic mass is 16.6. The molecule has 32 heteroatoms. The number of nitrogens with one attached hydrogen (secondary N) is 3. The van der Waals surface area contributed by atoms with Crippen molar-refractivity contribution in [2.75, 3.05) is 39.9 Å². The van der Waals surface area contributed by atoms with E-state index in [9.17, 15) is 9.59 Å². The lowest BCUT2D eigenvalue weighted by Gasteiger charge is -2.06. The van der Waals surface area contributed by atoms with Crippen LogP contribution in [0.25, 0.3) is 122 Å². The minimum absolute atomic E-state index is 0.0997. The molecule has 490 valence electrons. The molecular formula is C68H53N27O5. The molecule has 0 saturated heterocycles. The van der Waals surface area contributed by atoms with E-state index in [0.29, 0.717) is 144 Å². The van der Waals surface area contributed by atoms with E-state index in [0.717, 1.165) is 99.1 Å². The molecule has 1 aliphatic carbocycles. The fourth-order valence-corrected chi connectivity index (χ4v) is 12.5. The van der Waals surface area contributed by atoms with Crippen LogP contribution in [0.4, 0.5) is 5.69 Å². The number of fused-ring (bicyclic) bond motifs is 20. The van der Waals surface area contributed by atoms with Crippen molar-refractivity contribution < 1.29 is 23.7 Å². The minimum Gasteiger partial charge on any atom is -0.466 e. The predicted molar refractivity (Wildman–Crippen MR) is 361 cm³/mol. The van der Waals surface area contributed by atoms with Crippen molar-refractivity contribution in [3.05, 3.63) is 165 Å². The molecule has 0 spiro atoms. The molecule has 3 N–H and O–H groups in total. The summed E-state index contributed by atoms with van der Waals surface area (Å²) in [6, 6.07) is 41.7. The average molecular weight is 1330 g/mol. The highest BCUT2D eigenvalue weighted by Gasteiger charge is 2.23. The molecule has 0 atom stereocenters. The zero-order chi connectivity index (χ0) is 67.8. The molecule has 14 aromatic rings. The number of carbonyl (C=O) groups excluding carboxylic acids is 2. The Morgan fingerprint density at radius 3 is 1.61 bits per heavy atom. The summed E-state index contributed by atoms with van der Waals surface area (Å²) in [7, 11) is 0. The van der Waals surface area contributed by atoms with Crippen molar-refractivity contribution in [2.24, 2.45) is 45.1 Å². The Hall–Kier alpha value is -13.6. The average Bonchev–Trinajstić information content (AvgIpc) is 1.62. The molecule has 20 rings (SSSR count). The second-order valence-electron chi connectivity index (χ2n) is 22.7. The molecule has 5 aromatic carbocycles. The van der Waals surface area contributed by atoms with Gasteiger partial charge in [-0.2, -0.15) is 10.4 Å². The van der Waals surface area contributed by atoms with Crippen molar-refractivity contribution in [3.63, 3.8) is 0 Å². The lowest BCUT2D eigenvalue weighted by atomic mass is 10.2. The van der Waals surface area contributed by atoms with E-state index in [2.05, 4.69) is 116 Å². The van der Waals surface area contributed by atoms with Crippen LogP contribution in [-0.4, -0.2) is 131 Å². The van der Waals surface area contributed by atoms with Crippen LogP contribution in [0.3, 0.4) is 0 Å². The number of aromatic amines is 2. The van der Waals surface area contributed by atoms with Gasteiger partial charge in [-0.05, 0) is 54.8 Å². The van der Waals surface area contributed by atoms with Crippen molar-refractivity contribution in [2.45, 2.75) is 52.7 Å². The molecule has 5 aliphatic heterocycles. The van der Waals surface area contributed by atoms with Crippen LogP contribution in [0.5, 0.6) is 0 Å². The summed E-state index contributed by atoms with van der Waals surface area (Å²) >= 11 is 0. The maximum absolute atomic E-state index is 11.9. The molecule has 6 aliphatic rings. The number of carbonyl (C=O) groups is 2. The highest BCUT2D eigenvalue weighted by Crippen LogP contribution is 2.41. The lowest BCUT2D eigenvalue weighted by Crippen LogP contribution is -2.30. The standard InChI is InChI=1S/C16H15N5O3.C15H13N5O2.C14H10N6.C12H8N6.C11H7N5/c1-2-23-12(22)8-5-9-21-11-7-4-3-6-10(11)13-16(21)18-15-14(17-13)19-24-20-15;1-2-22-11(21)7-20-10-6-4-3-5-9(10)12-15(20)19-14-13(18-12)16-8-17-14;15-6-3-7-20-10-5-2-1-4-9(10)11-14(20)19-13-12(18-11)16-8-17-13;13-18-9-7-4-2-1-3-6(7)8-10(9)17-12-11(16-8)14-5-15-12;1-2-4-7-6(3-1)8-9(14-7)16-11-10(15-8)12-5-13-11/h3-4,6-7H,2,5,8-9H2,1H3;3-6H,2,7-8H2,1H3;1-2,4-5H,3,7-8H2;1-4,13H,5H2,(H,15,17);1-4H,5H2,(H,13,14,16). The van der Waals surface area contributed by atoms with E-state index in [-0.39, 0.29) is 18.5 Å². The summed E-state index contributed by atoms with van der Waals surface area (Å²) in [5, 5.41) is 25.9. The highest BCUT2D eigenvalue weighted by molar-refractivity contribution is 6.10. The number of nitriles is 1. The molecule has 0 saturated carbocycles. The van der Waals surface area contributed by atoms with E-state index in [1.165, 1.54) is 0 Å². The van der Waals surface area contributed by atoms with Crippen LogP contribution in [0, 0.1) is 16.9 Å². The summed E-state index contributed by atoms with van der Waals surface area (Å²) in [5.41, 5.74) is 25.3. The molecule has 32 nitrogen and oxygen atoms in total. The van der Waals surface area contributed by atoms with Gasteiger partial charge in [-0.1, -0.05) is 97.1 Å². The SMILES string of the molecule is CCOC(=O)CCCn1c2ccccc2c2nc3nonc3nc21.CCOC(=O)Cn1c2ccccc2c2nc3c(nc21)=NCN=3.N#CCCn1c2ccccc2c2nc3c(nc21)=NCN=3.N=Nc1c2[nH]c3c(nc-2c2ccccc12)=NCN=3.c1ccc2c(c1)[nH]c1nc3c(nc12)=NCN=3. The van der Waals surface area contributed by atoms with Gasteiger partial charge in [0.15, 0.2) is 66.5 Å². The zero-order valence-electron chi connectivity index (χ0n) is 53.3. The van der Waals surface area contributed by atoms with Crippen molar-refractivity contribution in [3.8, 4) is 17.5 Å². The first-order valence-electron chi connectivity index (χ1n) is 31.9. The summed E-state index contributed by atoms with van der Waals surface area (Å²) in [6.45, 7) is 7.30. The van der Waals surface area contributed by atoms with Crippen LogP contribution in [0.15, 0.2) is 171 Å². The number of H-pyrrole nitrogens is 2.